The molecule has 0 bridgehead atoms. The van der Waals surface area contributed by atoms with Crippen molar-refractivity contribution in [1.82, 2.24) is 0 Å². The standard InChI is InChI=1S/C20H21NO5/c1-13(2)14-7-9-15(10-8-14)17(22)11-26-19(23)12-25-18-6-4-3-5-16(18)20(21)24/h3-10,13H,11-12H2,1-2H3,(H2,21,24). The SMILES string of the molecule is CC(C)c1ccc(C(=O)COC(=O)COc2ccccc2C(N)=O)cc1. The molecule has 0 aliphatic carbocycles. The zero-order chi connectivity index (χ0) is 19.1. The summed E-state index contributed by atoms with van der Waals surface area (Å²) in [5, 5.41) is 0. The minimum absolute atomic E-state index is 0.168. The molecule has 2 rings (SSSR count). The first-order valence-corrected chi connectivity index (χ1v) is 8.19. The average Bonchev–Trinajstić information content (AvgIpc) is 2.64. The number of hydrogen-bond acceptors (Lipinski definition) is 5. The van der Waals surface area contributed by atoms with Gasteiger partial charge >= 0.3 is 5.97 Å². The molecule has 0 atom stereocenters. The molecule has 2 aromatic rings. The Morgan fingerprint density at radius 1 is 0.962 bits per heavy atom. The van der Waals surface area contributed by atoms with Gasteiger partial charge in [-0.15, -0.1) is 0 Å². The van der Waals surface area contributed by atoms with Gasteiger partial charge in [0.25, 0.3) is 5.91 Å². The predicted molar refractivity (Wildman–Crippen MR) is 96.3 cm³/mol. The third-order valence-electron chi connectivity index (χ3n) is 3.76. The van der Waals surface area contributed by atoms with Crippen LogP contribution in [0.4, 0.5) is 0 Å². The van der Waals surface area contributed by atoms with E-state index in [0.717, 1.165) is 5.56 Å². The number of carbonyl (C=O) groups excluding carboxylic acids is 3. The third kappa shape index (κ3) is 5.17. The van der Waals surface area contributed by atoms with E-state index < -0.39 is 18.5 Å². The first-order chi connectivity index (χ1) is 12.4. The van der Waals surface area contributed by atoms with E-state index >= 15 is 0 Å². The van der Waals surface area contributed by atoms with Crippen LogP contribution in [-0.2, 0) is 9.53 Å². The number of amides is 1. The number of esters is 1. The molecule has 0 heterocycles. The van der Waals surface area contributed by atoms with Gasteiger partial charge in [-0.1, -0.05) is 50.2 Å². The lowest BCUT2D eigenvalue weighted by molar-refractivity contribution is -0.144. The maximum atomic E-state index is 12.1. The molecular weight excluding hydrogens is 334 g/mol. The fraction of sp³-hybridized carbons (Fsp3) is 0.250. The number of carbonyl (C=O) groups is 3. The molecule has 6 heteroatoms. The van der Waals surface area contributed by atoms with Crippen molar-refractivity contribution in [3.8, 4) is 5.75 Å². The van der Waals surface area contributed by atoms with Gasteiger partial charge in [-0.3, -0.25) is 9.59 Å². The summed E-state index contributed by atoms with van der Waals surface area (Å²) in [4.78, 5) is 35.1. The number of ketones is 1. The van der Waals surface area contributed by atoms with Gasteiger partial charge in [0, 0.05) is 5.56 Å². The second kappa shape index (κ2) is 8.80. The molecule has 0 aliphatic rings. The number of Topliss-reactive ketones (excluding diaryl/α,β-unsaturated/α-hetero) is 1. The highest BCUT2D eigenvalue weighted by Crippen LogP contribution is 2.17. The van der Waals surface area contributed by atoms with Crippen molar-refractivity contribution in [2.24, 2.45) is 5.73 Å². The number of primary amides is 1. The molecule has 136 valence electrons. The van der Waals surface area contributed by atoms with Crippen molar-refractivity contribution >= 4 is 17.7 Å². The predicted octanol–water partition coefficient (Wildman–Crippen LogP) is 2.71. The molecular formula is C20H21NO5. The second-order valence-corrected chi connectivity index (χ2v) is 6.01. The summed E-state index contributed by atoms with van der Waals surface area (Å²) in [6.07, 6.45) is 0. The van der Waals surface area contributed by atoms with E-state index in [2.05, 4.69) is 13.8 Å². The van der Waals surface area contributed by atoms with Gasteiger partial charge in [0.2, 0.25) is 0 Å². The molecule has 2 aromatic carbocycles. The van der Waals surface area contributed by atoms with E-state index in [4.69, 9.17) is 15.2 Å². The molecule has 0 aromatic heterocycles. The van der Waals surface area contributed by atoms with Crippen LogP contribution in [0.1, 0.15) is 46.0 Å². The average molecular weight is 355 g/mol. The fourth-order valence-corrected chi connectivity index (χ4v) is 2.26. The van der Waals surface area contributed by atoms with Crippen LogP contribution in [0.25, 0.3) is 0 Å². The molecule has 1 amide bonds. The van der Waals surface area contributed by atoms with Gasteiger partial charge in [0.1, 0.15) is 5.75 Å². The minimum atomic E-state index is -0.712. The third-order valence-corrected chi connectivity index (χ3v) is 3.76. The van der Waals surface area contributed by atoms with E-state index in [1.54, 1.807) is 24.3 Å². The first kappa shape index (κ1) is 19.2. The van der Waals surface area contributed by atoms with Crippen LogP contribution >= 0.6 is 0 Å². The topological polar surface area (TPSA) is 95.7 Å². The Kier molecular flexibility index (Phi) is 6.49. The Morgan fingerprint density at radius 3 is 2.23 bits per heavy atom. The summed E-state index contributed by atoms with van der Waals surface area (Å²) in [6, 6.07) is 13.5. The van der Waals surface area contributed by atoms with Crippen molar-refractivity contribution < 1.29 is 23.9 Å². The summed E-state index contributed by atoms with van der Waals surface area (Å²) in [7, 11) is 0. The van der Waals surface area contributed by atoms with Gasteiger partial charge in [0.15, 0.2) is 19.0 Å². The number of benzene rings is 2. The van der Waals surface area contributed by atoms with Crippen molar-refractivity contribution in [2.45, 2.75) is 19.8 Å². The molecule has 0 unspecified atom stereocenters. The summed E-state index contributed by atoms with van der Waals surface area (Å²) in [5.41, 5.74) is 7.00. The van der Waals surface area contributed by atoms with Gasteiger partial charge in [0.05, 0.1) is 5.56 Å². The Balaban J connectivity index is 1.85. The second-order valence-electron chi connectivity index (χ2n) is 6.01. The van der Waals surface area contributed by atoms with Crippen LogP contribution in [-0.4, -0.2) is 30.9 Å². The van der Waals surface area contributed by atoms with Crippen molar-refractivity contribution in [3.63, 3.8) is 0 Å². The highest BCUT2D eigenvalue weighted by atomic mass is 16.6. The summed E-state index contributed by atoms with van der Waals surface area (Å²) in [6.45, 7) is 3.33. The molecule has 0 fully saturated rings. The van der Waals surface area contributed by atoms with Crippen molar-refractivity contribution in [2.75, 3.05) is 13.2 Å². The number of hydrogen-bond donors (Lipinski definition) is 1. The quantitative estimate of drug-likeness (QED) is 0.580. The lowest BCUT2D eigenvalue weighted by Gasteiger charge is -2.09. The van der Waals surface area contributed by atoms with Crippen LogP contribution in [0.2, 0.25) is 0 Å². The number of nitrogens with two attached hydrogens (primary N) is 1. The minimum Gasteiger partial charge on any atom is -0.481 e. The zero-order valence-electron chi connectivity index (χ0n) is 14.7. The number of para-hydroxylation sites is 1. The van der Waals surface area contributed by atoms with Gasteiger partial charge in [-0.25, -0.2) is 4.79 Å². The van der Waals surface area contributed by atoms with Gasteiger partial charge in [-0.2, -0.15) is 0 Å². The van der Waals surface area contributed by atoms with Crippen LogP contribution < -0.4 is 10.5 Å². The Morgan fingerprint density at radius 2 is 1.62 bits per heavy atom. The Labute approximate surface area is 151 Å². The van der Waals surface area contributed by atoms with Crippen LogP contribution in [0.15, 0.2) is 48.5 Å². The molecule has 6 nitrogen and oxygen atoms in total. The molecule has 0 saturated carbocycles. The molecule has 26 heavy (non-hydrogen) atoms. The first-order valence-electron chi connectivity index (χ1n) is 8.19. The van der Waals surface area contributed by atoms with Crippen molar-refractivity contribution in [1.29, 1.82) is 0 Å². The highest BCUT2D eigenvalue weighted by Gasteiger charge is 2.13. The maximum Gasteiger partial charge on any atom is 0.344 e. The zero-order valence-corrected chi connectivity index (χ0v) is 14.7. The molecule has 2 N–H and O–H groups in total. The monoisotopic (exact) mass is 355 g/mol. The Bertz CT molecular complexity index is 796. The largest absolute Gasteiger partial charge is 0.481 e. The number of ether oxygens (including phenoxy) is 2. The summed E-state index contributed by atoms with van der Waals surface area (Å²) >= 11 is 0. The van der Waals surface area contributed by atoms with Gasteiger partial charge in [-0.05, 0) is 23.6 Å². The van der Waals surface area contributed by atoms with E-state index in [0.29, 0.717) is 11.5 Å². The molecule has 0 aliphatic heterocycles. The van der Waals surface area contributed by atoms with E-state index in [1.165, 1.54) is 12.1 Å². The number of rotatable bonds is 8. The molecule has 0 saturated heterocycles. The normalized spacial score (nSPS) is 10.4. The summed E-state index contributed by atoms with van der Waals surface area (Å²) in [5.74, 6) is -1.11. The van der Waals surface area contributed by atoms with E-state index in [-0.39, 0.29) is 23.7 Å². The van der Waals surface area contributed by atoms with E-state index in [9.17, 15) is 14.4 Å². The van der Waals surface area contributed by atoms with Crippen molar-refractivity contribution in [3.05, 3.63) is 65.2 Å². The summed E-state index contributed by atoms with van der Waals surface area (Å²) < 4.78 is 10.2. The van der Waals surface area contributed by atoms with Crippen LogP contribution in [0, 0.1) is 0 Å². The maximum absolute atomic E-state index is 12.1. The lowest BCUT2D eigenvalue weighted by Crippen LogP contribution is -2.21. The van der Waals surface area contributed by atoms with Crippen LogP contribution in [0.3, 0.4) is 0 Å². The molecule has 0 spiro atoms. The lowest BCUT2D eigenvalue weighted by atomic mass is 10.0. The molecule has 0 radical (unpaired) electrons. The van der Waals surface area contributed by atoms with Gasteiger partial charge < -0.3 is 15.2 Å². The van der Waals surface area contributed by atoms with E-state index in [1.807, 2.05) is 12.1 Å². The smallest absolute Gasteiger partial charge is 0.344 e. The highest BCUT2D eigenvalue weighted by molar-refractivity contribution is 5.98. The Hall–Kier alpha value is -3.15. The van der Waals surface area contributed by atoms with Crippen LogP contribution in [0.5, 0.6) is 5.75 Å². The fourth-order valence-electron chi connectivity index (χ4n) is 2.26.